The Labute approximate surface area is 96.3 Å². The van der Waals surface area contributed by atoms with E-state index in [0.29, 0.717) is 26.1 Å². The van der Waals surface area contributed by atoms with Crippen molar-refractivity contribution in [3.8, 4) is 0 Å². The van der Waals surface area contributed by atoms with Crippen molar-refractivity contribution < 1.29 is 22.6 Å². The third kappa shape index (κ3) is 3.99. The Balaban J connectivity index is 2.44. The standard InChI is InChI=1S/C9H19NO5S/c1-13-9(14-2)7-10-16(11,12)8-3-5-15-6-4-8/h8-10H,3-7H2,1-2H3. The van der Waals surface area contributed by atoms with Gasteiger partial charge in [-0.05, 0) is 12.8 Å². The van der Waals surface area contributed by atoms with Crippen LogP contribution in [-0.2, 0) is 24.2 Å². The van der Waals surface area contributed by atoms with Gasteiger partial charge in [0.15, 0.2) is 6.29 Å². The quantitative estimate of drug-likeness (QED) is 0.658. The molecule has 96 valence electrons. The number of sulfonamides is 1. The van der Waals surface area contributed by atoms with E-state index in [4.69, 9.17) is 14.2 Å². The van der Waals surface area contributed by atoms with Crippen molar-refractivity contribution in [3.63, 3.8) is 0 Å². The van der Waals surface area contributed by atoms with Crippen LogP contribution in [0.2, 0.25) is 0 Å². The summed E-state index contributed by atoms with van der Waals surface area (Å²) in [7, 11) is -0.350. The van der Waals surface area contributed by atoms with Crippen molar-refractivity contribution in [2.75, 3.05) is 34.0 Å². The summed E-state index contributed by atoms with van der Waals surface area (Å²) < 4.78 is 41.1. The molecule has 1 rings (SSSR count). The average Bonchev–Trinajstić information content (AvgIpc) is 2.31. The van der Waals surface area contributed by atoms with E-state index >= 15 is 0 Å². The van der Waals surface area contributed by atoms with Crippen LogP contribution in [0, 0.1) is 0 Å². The molecule has 0 aromatic heterocycles. The van der Waals surface area contributed by atoms with Gasteiger partial charge in [0, 0.05) is 27.4 Å². The summed E-state index contributed by atoms with van der Waals surface area (Å²) in [4.78, 5) is 0. The molecule has 7 heteroatoms. The van der Waals surface area contributed by atoms with E-state index in [0.717, 1.165) is 0 Å². The first-order valence-corrected chi connectivity index (χ1v) is 6.76. The van der Waals surface area contributed by atoms with Crippen LogP contribution in [0.5, 0.6) is 0 Å². The minimum Gasteiger partial charge on any atom is -0.381 e. The molecule has 1 N–H and O–H groups in total. The molecule has 1 saturated heterocycles. The fourth-order valence-electron chi connectivity index (χ4n) is 1.55. The van der Waals surface area contributed by atoms with Gasteiger partial charge in [-0.3, -0.25) is 0 Å². The summed E-state index contributed by atoms with van der Waals surface area (Å²) >= 11 is 0. The Morgan fingerprint density at radius 1 is 1.31 bits per heavy atom. The van der Waals surface area contributed by atoms with Crippen LogP contribution in [0.3, 0.4) is 0 Å². The highest BCUT2D eigenvalue weighted by molar-refractivity contribution is 7.90. The Hall–Kier alpha value is -0.210. The van der Waals surface area contributed by atoms with Crippen LogP contribution in [0.4, 0.5) is 0 Å². The lowest BCUT2D eigenvalue weighted by Crippen LogP contribution is -2.41. The maximum Gasteiger partial charge on any atom is 0.214 e. The molecule has 1 heterocycles. The molecular formula is C9H19NO5S. The average molecular weight is 253 g/mol. The van der Waals surface area contributed by atoms with Crippen molar-refractivity contribution >= 4 is 10.0 Å². The highest BCUT2D eigenvalue weighted by Crippen LogP contribution is 2.14. The van der Waals surface area contributed by atoms with Gasteiger partial charge < -0.3 is 14.2 Å². The van der Waals surface area contributed by atoms with Gasteiger partial charge >= 0.3 is 0 Å². The smallest absolute Gasteiger partial charge is 0.214 e. The first-order chi connectivity index (χ1) is 7.60. The number of ether oxygens (including phenoxy) is 3. The monoisotopic (exact) mass is 253 g/mol. The fraction of sp³-hybridized carbons (Fsp3) is 1.00. The number of rotatable bonds is 6. The second kappa shape index (κ2) is 6.51. The van der Waals surface area contributed by atoms with Crippen molar-refractivity contribution in [2.24, 2.45) is 0 Å². The normalized spacial score (nSPS) is 19.2. The molecule has 0 atom stereocenters. The zero-order valence-corrected chi connectivity index (χ0v) is 10.5. The van der Waals surface area contributed by atoms with Gasteiger partial charge in [0.25, 0.3) is 0 Å². The number of hydrogen-bond donors (Lipinski definition) is 1. The lowest BCUT2D eigenvalue weighted by molar-refractivity contribution is -0.0961. The van der Waals surface area contributed by atoms with Gasteiger partial charge in [-0.15, -0.1) is 0 Å². The minimum absolute atomic E-state index is 0.132. The van der Waals surface area contributed by atoms with Crippen LogP contribution in [0.1, 0.15) is 12.8 Å². The van der Waals surface area contributed by atoms with Gasteiger partial charge in [0.05, 0.1) is 11.8 Å². The van der Waals surface area contributed by atoms with E-state index in [1.165, 1.54) is 14.2 Å². The topological polar surface area (TPSA) is 73.9 Å². The first-order valence-electron chi connectivity index (χ1n) is 5.22. The molecule has 1 fully saturated rings. The third-order valence-corrected chi connectivity index (χ3v) is 4.50. The zero-order valence-electron chi connectivity index (χ0n) is 9.64. The van der Waals surface area contributed by atoms with Gasteiger partial charge in [0.1, 0.15) is 0 Å². The fourth-order valence-corrected chi connectivity index (χ4v) is 2.97. The van der Waals surface area contributed by atoms with Crippen LogP contribution in [-0.4, -0.2) is 53.9 Å². The zero-order chi connectivity index (χ0) is 12.0. The lowest BCUT2D eigenvalue weighted by Gasteiger charge is -2.23. The second-order valence-electron chi connectivity index (χ2n) is 3.61. The molecule has 0 bridgehead atoms. The molecule has 16 heavy (non-hydrogen) atoms. The Morgan fingerprint density at radius 3 is 2.38 bits per heavy atom. The summed E-state index contributed by atoms with van der Waals surface area (Å²) in [5, 5.41) is -0.365. The van der Waals surface area contributed by atoms with Gasteiger partial charge in [-0.2, -0.15) is 0 Å². The van der Waals surface area contributed by atoms with E-state index < -0.39 is 16.3 Å². The molecular weight excluding hydrogens is 234 g/mol. The van der Waals surface area contributed by atoms with E-state index in [-0.39, 0.29) is 11.8 Å². The molecule has 0 amide bonds. The van der Waals surface area contributed by atoms with Crippen LogP contribution in [0.25, 0.3) is 0 Å². The van der Waals surface area contributed by atoms with E-state index in [1.807, 2.05) is 0 Å². The van der Waals surface area contributed by atoms with Gasteiger partial charge in [-0.1, -0.05) is 0 Å². The predicted molar refractivity (Wildman–Crippen MR) is 58.6 cm³/mol. The number of nitrogens with one attached hydrogen (secondary N) is 1. The molecule has 0 spiro atoms. The molecule has 1 aliphatic rings. The first kappa shape index (κ1) is 13.9. The highest BCUT2D eigenvalue weighted by Gasteiger charge is 2.27. The summed E-state index contributed by atoms with van der Waals surface area (Å²) in [6, 6.07) is 0. The van der Waals surface area contributed by atoms with Gasteiger partial charge in [-0.25, -0.2) is 13.1 Å². The maximum atomic E-state index is 11.8. The molecule has 0 aliphatic carbocycles. The SMILES string of the molecule is COC(CNS(=O)(=O)C1CCOCC1)OC. The molecule has 0 aromatic carbocycles. The molecule has 0 aromatic rings. The van der Waals surface area contributed by atoms with Crippen molar-refractivity contribution in [1.82, 2.24) is 4.72 Å². The van der Waals surface area contributed by atoms with E-state index in [2.05, 4.69) is 4.72 Å². The van der Waals surface area contributed by atoms with Gasteiger partial charge in [0.2, 0.25) is 10.0 Å². The lowest BCUT2D eigenvalue weighted by atomic mass is 10.2. The van der Waals surface area contributed by atoms with Crippen LogP contribution < -0.4 is 4.72 Å². The largest absolute Gasteiger partial charge is 0.381 e. The molecule has 0 radical (unpaired) electrons. The predicted octanol–water partition coefficient (Wildman–Crippen LogP) is -0.296. The van der Waals surface area contributed by atoms with Crippen molar-refractivity contribution in [2.45, 2.75) is 24.4 Å². The summed E-state index contributed by atoms with van der Waals surface area (Å²) in [6.07, 6.45) is 0.537. The summed E-state index contributed by atoms with van der Waals surface area (Å²) in [5.74, 6) is 0. The Kier molecular flexibility index (Phi) is 5.63. The second-order valence-corrected chi connectivity index (χ2v) is 5.65. The van der Waals surface area contributed by atoms with Crippen LogP contribution >= 0.6 is 0 Å². The number of hydrogen-bond acceptors (Lipinski definition) is 5. The maximum absolute atomic E-state index is 11.8. The highest BCUT2D eigenvalue weighted by atomic mass is 32.2. The van der Waals surface area contributed by atoms with Crippen molar-refractivity contribution in [3.05, 3.63) is 0 Å². The van der Waals surface area contributed by atoms with Crippen LogP contribution in [0.15, 0.2) is 0 Å². The Bertz CT molecular complexity index is 282. The minimum atomic E-state index is -3.29. The Morgan fingerprint density at radius 2 is 1.88 bits per heavy atom. The third-order valence-electron chi connectivity index (χ3n) is 2.58. The van der Waals surface area contributed by atoms with E-state index in [9.17, 15) is 8.42 Å². The summed E-state index contributed by atoms with van der Waals surface area (Å²) in [6.45, 7) is 1.14. The van der Waals surface area contributed by atoms with Crippen molar-refractivity contribution in [1.29, 1.82) is 0 Å². The van der Waals surface area contributed by atoms with E-state index in [1.54, 1.807) is 0 Å². The molecule has 1 aliphatic heterocycles. The summed E-state index contributed by atoms with van der Waals surface area (Å²) in [5.41, 5.74) is 0. The number of methoxy groups -OCH3 is 2. The molecule has 0 saturated carbocycles. The molecule has 0 unspecified atom stereocenters. The molecule has 6 nitrogen and oxygen atoms in total.